The van der Waals surface area contributed by atoms with Crippen molar-refractivity contribution in [3.8, 4) is 0 Å². The molecule has 0 unspecified atom stereocenters. The van der Waals surface area contributed by atoms with Gasteiger partial charge in [0, 0.05) is 0 Å². The van der Waals surface area contributed by atoms with Crippen LogP contribution >= 0.6 is 0 Å². The van der Waals surface area contributed by atoms with Gasteiger partial charge in [0.2, 0.25) is 0 Å². The molecule has 0 saturated carbocycles. The van der Waals surface area contributed by atoms with Gasteiger partial charge < -0.3 is 0 Å². The van der Waals surface area contributed by atoms with Gasteiger partial charge in [0.1, 0.15) is 0 Å². The van der Waals surface area contributed by atoms with Crippen molar-refractivity contribution >= 4 is 0 Å². The molecule has 0 atom stereocenters. The fourth-order valence-corrected chi connectivity index (χ4v) is 0.750. The number of hydrogen-bond acceptors (Lipinski definition) is 3. The summed E-state index contributed by atoms with van der Waals surface area (Å²) in [4.78, 5) is 0. The van der Waals surface area contributed by atoms with E-state index in [4.69, 9.17) is 0 Å². The molecule has 3 saturated heterocycles. The lowest BCUT2D eigenvalue weighted by Crippen LogP contribution is -2.52. The summed E-state index contributed by atoms with van der Waals surface area (Å²) < 4.78 is 0. The Bertz CT molecular complexity index is 86.3. The van der Waals surface area contributed by atoms with Crippen LogP contribution in [0.2, 0.25) is 0 Å². The molecule has 5 heavy (non-hydrogen) atoms. The topological polar surface area (TPSA) is 65.8 Å². The minimum Gasteiger partial charge on any atom is -0.248 e. The van der Waals surface area contributed by atoms with Crippen LogP contribution in [0.15, 0.2) is 0 Å². The Kier molecular flexibility index (Phi) is 0.0451. The van der Waals surface area contributed by atoms with E-state index in [1.807, 2.05) is 0 Å². The fourth-order valence-electron chi connectivity index (χ4n) is 0.750. The normalized spacial score (nSPS) is 91.2. The molecule has 3 nitrogen and oxygen atoms in total. The predicted octanol–water partition coefficient (Wildman–Crippen LogP) is -1.90. The molecule has 3 heteroatoms. The molecule has 0 radical (unpaired) electrons. The first kappa shape index (κ1) is 1.55. The Morgan fingerprint density at radius 3 is 1.00 bits per heavy atom. The van der Waals surface area contributed by atoms with E-state index in [1.54, 1.807) is 0 Å². The van der Waals surface area contributed by atoms with Crippen LogP contribution < -0.4 is 16.0 Å². The first-order chi connectivity index (χ1) is 2.37. The van der Waals surface area contributed by atoms with Crippen molar-refractivity contribution in [1.29, 1.82) is 0 Å². The van der Waals surface area contributed by atoms with Gasteiger partial charge in [0.15, 0.2) is 11.6 Å². The van der Waals surface area contributed by atoms with E-state index in [2.05, 4.69) is 16.0 Å². The summed E-state index contributed by atoms with van der Waals surface area (Å²) in [5, 5.41) is 9.38. The first-order valence-electron chi connectivity index (χ1n) is 1.75. The monoisotopic (exact) mass is 69.0 g/mol. The summed E-state index contributed by atoms with van der Waals surface area (Å²) in [6, 6.07) is 0. The molecule has 3 aliphatic heterocycles. The molecule has 3 heterocycles. The van der Waals surface area contributed by atoms with Crippen LogP contribution in [0.25, 0.3) is 0 Å². The molecule has 0 aliphatic carbocycles. The Morgan fingerprint density at radius 2 is 1.00 bits per heavy atom. The highest BCUT2D eigenvalue weighted by molar-refractivity contribution is 5.52. The van der Waals surface area contributed by atoms with Crippen LogP contribution in [0.4, 0.5) is 0 Å². The lowest BCUT2D eigenvalue weighted by Gasteiger charge is -2.08. The second-order valence-corrected chi connectivity index (χ2v) is 1.88. The molecule has 3 N–H and O–H groups in total. The second kappa shape index (κ2) is 0.145. The largest absolute Gasteiger partial charge is 0.248 e. The molecule has 3 fully saturated rings. The molecule has 26 valence electrons. The van der Waals surface area contributed by atoms with E-state index in [0.717, 1.165) is 0 Å². The lowest BCUT2D eigenvalue weighted by atomic mass is 11.0. The maximum absolute atomic E-state index is 3.12. The molecule has 3 aliphatic rings. The van der Waals surface area contributed by atoms with Crippen LogP contribution in [-0.2, 0) is 0 Å². The number of nitrogens with one attached hydrogen (secondary N) is 3. The van der Waals surface area contributed by atoms with Crippen molar-refractivity contribution in [3.05, 3.63) is 0 Å². The predicted molar refractivity (Wildman–Crippen MR) is 14.9 cm³/mol. The van der Waals surface area contributed by atoms with E-state index >= 15 is 0 Å². The summed E-state index contributed by atoms with van der Waals surface area (Å²) in [5.74, 6) is 0.625. The van der Waals surface area contributed by atoms with Crippen LogP contribution in [-0.4, -0.2) is 11.6 Å². The zero-order chi connectivity index (χ0) is 3.12. The average Bonchev–Trinajstić information content (AvgIpc) is 1.30. The minimum atomic E-state index is 0.312. The molecular weight excluding hydrogens is 66.0 g/mol. The summed E-state index contributed by atoms with van der Waals surface area (Å²) in [5.41, 5.74) is 0. The van der Waals surface area contributed by atoms with Gasteiger partial charge in [-0.1, -0.05) is 0 Å². The van der Waals surface area contributed by atoms with E-state index in [1.165, 1.54) is 0 Å². The van der Waals surface area contributed by atoms with Gasteiger partial charge in [-0.3, -0.25) is 0 Å². The van der Waals surface area contributed by atoms with Gasteiger partial charge in [-0.15, -0.1) is 0 Å². The van der Waals surface area contributed by atoms with Gasteiger partial charge in [0.25, 0.3) is 0 Å². The summed E-state index contributed by atoms with van der Waals surface area (Å²) in [7, 11) is 0. The third-order valence-corrected chi connectivity index (χ3v) is 1.50. The lowest BCUT2D eigenvalue weighted by molar-refractivity contribution is 0.383. The smallest absolute Gasteiger partial charge is 0.178 e. The Morgan fingerprint density at radius 1 is 0.800 bits per heavy atom. The number of hydrogen-bond donors (Lipinski definition) is 3. The van der Waals surface area contributed by atoms with Crippen molar-refractivity contribution in [2.24, 2.45) is 0 Å². The van der Waals surface area contributed by atoms with Crippen molar-refractivity contribution in [2.45, 2.75) is 11.6 Å². The van der Waals surface area contributed by atoms with Crippen LogP contribution in [0, 0.1) is 0 Å². The Labute approximate surface area is 28.7 Å². The Hall–Kier alpha value is -0.120. The highest BCUT2D eigenvalue weighted by Gasteiger charge is 3.02. The number of rotatable bonds is 0. The molecule has 3 rings (SSSR count). The van der Waals surface area contributed by atoms with E-state index in [9.17, 15) is 0 Å². The molecule has 0 bridgehead atoms. The molecule has 0 spiro atoms. The van der Waals surface area contributed by atoms with Crippen LogP contribution in [0.3, 0.4) is 0 Å². The first-order valence-corrected chi connectivity index (χ1v) is 1.75. The van der Waals surface area contributed by atoms with Crippen LogP contribution in [0.5, 0.6) is 0 Å². The van der Waals surface area contributed by atoms with Crippen molar-refractivity contribution in [3.63, 3.8) is 0 Å². The van der Waals surface area contributed by atoms with Gasteiger partial charge >= 0.3 is 0 Å². The molecule has 0 amide bonds. The summed E-state index contributed by atoms with van der Waals surface area (Å²) >= 11 is 0. The van der Waals surface area contributed by atoms with Crippen molar-refractivity contribution in [1.82, 2.24) is 16.0 Å². The van der Waals surface area contributed by atoms with E-state index in [-0.39, 0.29) is 0 Å². The molecule has 0 aromatic rings. The van der Waals surface area contributed by atoms with Gasteiger partial charge in [-0.2, -0.15) is 0 Å². The van der Waals surface area contributed by atoms with Gasteiger partial charge in [-0.05, 0) is 0 Å². The van der Waals surface area contributed by atoms with Gasteiger partial charge in [0.05, 0.1) is 0 Å². The van der Waals surface area contributed by atoms with E-state index in [0.29, 0.717) is 11.6 Å². The fraction of sp³-hybridized carbons (Fsp3) is 1.00. The highest BCUT2D eigenvalue weighted by atomic mass is 16.0. The second-order valence-electron chi connectivity index (χ2n) is 1.88. The maximum atomic E-state index is 3.12. The van der Waals surface area contributed by atoms with Gasteiger partial charge in [-0.25, -0.2) is 16.0 Å². The van der Waals surface area contributed by atoms with E-state index < -0.39 is 0 Å². The zero-order valence-corrected chi connectivity index (χ0v) is 2.50. The standard InChI is InChI=1S/C2H3N3/c3-1-2(3,4-1)5-1/h3-5H. The summed E-state index contributed by atoms with van der Waals surface area (Å²) in [6.07, 6.45) is 0. The minimum absolute atomic E-state index is 0.312. The van der Waals surface area contributed by atoms with Crippen LogP contribution in [0.1, 0.15) is 0 Å². The van der Waals surface area contributed by atoms with Crippen molar-refractivity contribution in [2.75, 3.05) is 0 Å². The maximum Gasteiger partial charge on any atom is 0.178 e. The Balaban J connectivity index is 2.58. The molecule has 0 aromatic carbocycles. The van der Waals surface area contributed by atoms with Crippen molar-refractivity contribution < 1.29 is 0 Å². The SMILES string of the molecule is N1C23NC12N3. The highest BCUT2D eigenvalue weighted by Crippen LogP contribution is 2.61. The third kappa shape index (κ3) is 0.0315. The average molecular weight is 69.1 g/mol. The molecule has 0 aromatic heterocycles. The third-order valence-electron chi connectivity index (χ3n) is 1.50. The molecular formula is C2H3N3. The quantitative estimate of drug-likeness (QED) is 0.291. The zero-order valence-electron chi connectivity index (χ0n) is 2.50. The summed E-state index contributed by atoms with van der Waals surface area (Å²) in [6.45, 7) is 0.